The minimum Gasteiger partial charge on any atom is -0.383 e. The number of aryl methyl sites for hydroxylation is 1. The van der Waals surface area contributed by atoms with E-state index in [1.54, 1.807) is 25.8 Å². The number of ether oxygens (including phenoxy) is 2. The van der Waals surface area contributed by atoms with Crippen molar-refractivity contribution in [1.29, 1.82) is 0 Å². The standard InChI is InChI=1S/C14H20N4O2/c1-19-8-9-20-7-3-6-18-11-16-10-13(18)12-4-2-5-17-14(12)15/h2,4-5,10-11H,3,6-9H2,1H3,(H2,15,17). The normalized spacial score (nSPS) is 10.8. The number of methoxy groups -OCH3 is 1. The molecule has 2 aromatic rings. The number of aromatic nitrogens is 3. The van der Waals surface area contributed by atoms with Crippen molar-refractivity contribution in [3.05, 3.63) is 30.9 Å². The number of nitrogens with zero attached hydrogens (tertiary/aromatic N) is 3. The van der Waals surface area contributed by atoms with Crippen LogP contribution < -0.4 is 5.73 Å². The van der Waals surface area contributed by atoms with E-state index in [9.17, 15) is 0 Å². The van der Waals surface area contributed by atoms with E-state index in [2.05, 4.69) is 14.5 Å². The SMILES string of the molecule is COCCOCCCn1cncc1-c1cccnc1N. The fourth-order valence-electron chi connectivity index (χ4n) is 1.94. The van der Waals surface area contributed by atoms with Crippen LogP contribution in [0.3, 0.4) is 0 Å². The van der Waals surface area contributed by atoms with Crippen molar-refractivity contribution in [3.8, 4) is 11.3 Å². The van der Waals surface area contributed by atoms with E-state index in [0.29, 0.717) is 25.6 Å². The van der Waals surface area contributed by atoms with Gasteiger partial charge < -0.3 is 19.8 Å². The van der Waals surface area contributed by atoms with E-state index in [1.807, 2.05) is 12.1 Å². The number of anilines is 1. The van der Waals surface area contributed by atoms with E-state index < -0.39 is 0 Å². The second kappa shape index (κ2) is 7.62. The Morgan fingerprint density at radius 2 is 2.20 bits per heavy atom. The van der Waals surface area contributed by atoms with Gasteiger partial charge in [-0.2, -0.15) is 0 Å². The van der Waals surface area contributed by atoms with Crippen LogP contribution in [-0.4, -0.2) is 41.5 Å². The zero-order valence-corrected chi connectivity index (χ0v) is 11.7. The molecule has 6 heteroatoms. The molecular formula is C14H20N4O2. The van der Waals surface area contributed by atoms with Crippen LogP contribution in [0.15, 0.2) is 30.9 Å². The summed E-state index contributed by atoms with van der Waals surface area (Å²) in [5.74, 6) is 0.519. The first-order chi connectivity index (χ1) is 9.83. The number of nitrogens with two attached hydrogens (primary N) is 1. The van der Waals surface area contributed by atoms with Crippen molar-refractivity contribution in [3.63, 3.8) is 0 Å². The largest absolute Gasteiger partial charge is 0.383 e. The summed E-state index contributed by atoms with van der Waals surface area (Å²) < 4.78 is 12.4. The molecule has 0 bridgehead atoms. The fourth-order valence-corrected chi connectivity index (χ4v) is 1.94. The van der Waals surface area contributed by atoms with Gasteiger partial charge in [-0.1, -0.05) is 0 Å². The topological polar surface area (TPSA) is 75.2 Å². The molecule has 0 aliphatic carbocycles. The molecule has 0 saturated heterocycles. The van der Waals surface area contributed by atoms with Crippen molar-refractivity contribution in [2.24, 2.45) is 0 Å². The van der Waals surface area contributed by atoms with Gasteiger partial charge in [0.05, 0.1) is 31.4 Å². The summed E-state index contributed by atoms with van der Waals surface area (Å²) >= 11 is 0. The Morgan fingerprint density at radius 3 is 3.00 bits per heavy atom. The van der Waals surface area contributed by atoms with Crippen LogP contribution in [0.2, 0.25) is 0 Å². The van der Waals surface area contributed by atoms with Crippen LogP contribution in [0.1, 0.15) is 6.42 Å². The second-order valence-corrected chi connectivity index (χ2v) is 4.37. The van der Waals surface area contributed by atoms with Crippen LogP contribution in [0, 0.1) is 0 Å². The quantitative estimate of drug-likeness (QED) is 0.741. The average Bonchev–Trinajstić information content (AvgIpc) is 2.91. The fraction of sp³-hybridized carbons (Fsp3) is 0.429. The number of pyridine rings is 1. The van der Waals surface area contributed by atoms with Gasteiger partial charge in [-0.3, -0.25) is 0 Å². The second-order valence-electron chi connectivity index (χ2n) is 4.37. The van der Waals surface area contributed by atoms with Crippen LogP contribution in [0.5, 0.6) is 0 Å². The monoisotopic (exact) mass is 276 g/mol. The van der Waals surface area contributed by atoms with Crippen molar-refractivity contribution < 1.29 is 9.47 Å². The van der Waals surface area contributed by atoms with E-state index in [-0.39, 0.29) is 0 Å². The third-order valence-electron chi connectivity index (χ3n) is 2.95. The van der Waals surface area contributed by atoms with Crippen molar-refractivity contribution in [2.45, 2.75) is 13.0 Å². The minimum atomic E-state index is 0.519. The molecule has 2 heterocycles. The molecule has 0 spiro atoms. The summed E-state index contributed by atoms with van der Waals surface area (Å²) in [7, 11) is 1.67. The van der Waals surface area contributed by atoms with Gasteiger partial charge in [-0.15, -0.1) is 0 Å². The lowest BCUT2D eigenvalue weighted by Gasteiger charge is -2.09. The van der Waals surface area contributed by atoms with Crippen LogP contribution >= 0.6 is 0 Å². The number of hydrogen-bond donors (Lipinski definition) is 1. The summed E-state index contributed by atoms with van der Waals surface area (Å²) in [4.78, 5) is 8.29. The first-order valence-electron chi connectivity index (χ1n) is 6.60. The molecule has 0 fully saturated rings. The van der Waals surface area contributed by atoms with Gasteiger partial charge in [0.1, 0.15) is 5.82 Å². The zero-order valence-electron chi connectivity index (χ0n) is 11.7. The Labute approximate surface area is 118 Å². The molecule has 0 aromatic carbocycles. The highest BCUT2D eigenvalue weighted by atomic mass is 16.5. The number of imidazole rings is 1. The lowest BCUT2D eigenvalue weighted by Crippen LogP contribution is -2.07. The smallest absolute Gasteiger partial charge is 0.132 e. The molecule has 0 radical (unpaired) electrons. The predicted octanol–water partition coefficient (Wildman–Crippen LogP) is 1.58. The maximum absolute atomic E-state index is 5.90. The first kappa shape index (κ1) is 14.5. The molecule has 108 valence electrons. The lowest BCUT2D eigenvalue weighted by atomic mass is 10.2. The Morgan fingerprint density at radius 1 is 1.30 bits per heavy atom. The highest BCUT2D eigenvalue weighted by Gasteiger charge is 2.08. The molecular weight excluding hydrogens is 256 g/mol. The lowest BCUT2D eigenvalue weighted by molar-refractivity contribution is 0.0680. The third kappa shape index (κ3) is 3.79. The molecule has 6 nitrogen and oxygen atoms in total. The highest BCUT2D eigenvalue weighted by Crippen LogP contribution is 2.23. The molecule has 0 unspecified atom stereocenters. The highest BCUT2D eigenvalue weighted by molar-refractivity contribution is 5.70. The van der Waals surface area contributed by atoms with Gasteiger partial charge in [-0.05, 0) is 18.6 Å². The van der Waals surface area contributed by atoms with Gasteiger partial charge >= 0.3 is 0 Å². The number of hydrogen-bond acceptors (Lipinski definition) is 5. The maximum Gasteiger partial charge on any atom is 0.132 e. The molecule has 0 amide bonds. The van der Waals surface area contributed by atoms with Gasteiger partial charge in [0, 0.05) is 32.0 Å². The average molecular weight is 276 g/mol. The van der Waals surface area contributed by atoms with E-state index in [1.165, 1.54) is 0 Å². The molecule has 2 aromatic heterocycles. The van der Waals surface area contributed by atoms with Crippen LogP contribution in [0.4, 0.5) is 5.82 Å². The van der Waals surface area contributed by atoms with Crippen LogP contribution in [-0.2, 0) is 16.0 Å². The summed E-state index contributed by atoms with van der Waals surface area (Å²) in [5, 5.41) is 0. The van der Waals surface area contributed by atoms with Crippen molar-refractivity contribution >= 4 is 5.82 Å². The summed E-state index contributed by atoms with van der Waals surface area (Å²) in [6.45, 7) is 2.78. The summed E-state index contributed by atoms with van der Waals surface area (Å²) in [6.07, 6.45) is 6.20. The summed E-state index contributed by atoms with van der Waals surface area (Å²) in [5.41, 5.74) is 7.79. The molecule has 20 heavy (non-hydrogen) atoms. The Balaban J connectivity index is 1.91. The Kier molecular flexibility index (Phi) is 5.52. The molecule has 0 aliphatic heterocycles. The Bertz CT molecular complexity index is 527. The zero-order chi connectivity index (χ0) is 14.2. The molecule has 0 aliphatic rings. The van der Waals surface area contributed by atoms with Crippen molar-refractivity contribution in [1.82, 2.24) is 14.5 Å². The molecule has 0 saturated carbocycles. The number of rotatable bonds is 8. The number of nitrogen functional groups attached to an aromatic ring is 1. The van der Waals surface area contributed by atoms with Gasteiger partial charge in [0.25, 0.3) is 0 Å². The molecule has 2 N–H and O–H groups in total. The van der Waals surface area contributed by atoms with E-state index in [4.69, 9.17) is 15.2 Å². The maximum atomic E-state index is 5.90. The van der Waals surface area contributed by atoms with Crippen LogP contribution in [0.25, 0.3) is 11.3 Å². The minimum absolute atomic E-state index is 0.519. The van der Waals surface area contributed by atoms with Gasteiger partial charge in [0.15, 0.2) is 0 Å². The van der Waals surface area contributed by atoms with E-state index >= 15 is 0 Å². The third-order valence-corrected chi connectivity index (χ3v) is 2.95. The summed E-state index contributed by atoms with van der Waals surface area (Å²) in [6, 6.07) is 3.82. The Hall–Kier alpha value is -1.92. The van der Waals surface area contributed by atoms with E-state index in [0.717, 1.165) is 24.2 Å². The molecule has 0 atom stereocenters. The van der Waals surface area contributed by atoms with Gasteiger partial charge in [0.2, 0.25) is 0 Å². The first-order valence-corrected chi connectivity index (χ1v) is 6.60. The van der Waals surface area contributed by atoms with Crippen molar-refractivity contribution in [2.75, 3.05) is 32.7 Å². The van der Waals surface area contributed by atoms with Gasteiger partial charge in [-0.25, -0.2) is 9.97 Å². The predicted molar refractivity (Wildman–Crippen MR) is 77.2 cm³/mol. The molecule has 2 rings (SSSR count).